The van der Waals surface area contributed by atoms with E-state index in [0.717, 1.165) is 16.2 Å². The van der Waals surface area contributed by atoms with Gasteiger partial charge in [-0.25, -0.2) is 14.5 Å². The van der Waals surface area contributed by atoms with Crippen LogP contribution in [-0.4, -0.2) is 20.7 Å². The molecule has 8 heteroatoms. The van der Waals surface area contributed by atoms with E-state index >= 15 is 0 Å². The molecule has 0 spiro atoms. The van der Waals surface area contributed by atoms with Crippen LogP contribution >= 0.6 is 22.7 Å². The van der Waals surface area contributed by atoms with E-state index in [2.05, 4.69) is 10.4 Å². The summed E-state index contributed by atoms with van der Waals surface area (Å²) in [5, 5.41) is 11.4. The van der Waals surface area contributed by atoms with Gasteiger partial charge in [0.1, 0.15) is 16.0 Å². The van der Waals surface area contributed by atoms with Crippen molar-refractivity contribution in [3.63, 3.8) is 0 Å². The summed E-state index contributed by atoms with van der Waals surface area (Å²) in [6, 6.07) is 3.90. The maximum absolute atomic E-state index is 12.4. The van der Waals surface area contributed by atoms with Crippen molar-refractivity contribution in [3.8, 4) is 0 Å². The van der Waals surface area contributed by atoms with Gasteiger partial charge in [-0.3, -0.25) is 4.79 Å². The third kappa shape index (κ3) is 2.43. The van der Waals surface area contributed by atoms with E-state index in [4.69, 9.17) is 5.11 Å². The average Bonchev–Trinajstić information content (AvgIpc) is 3.06. The summed E-state index contributed by atoms with van der Waals surface area (Å²) >= 11 is 2.61. The molecule has 108 valence electrons. The van der Waals surface area contributed by atoms with E-state index in [1.54, 1.807) is 18.3 Å². The smallest absolute Gasteiger partial charge is 0.346 e. The second-order valence-corrected chi connectivity index (χ2v) is 6.41. The largest absolute Gasteiger partial charge is 0.477 e. The summed E-state index contributed by atoms with van der Waals surface area (Å²) < 4.78 is 1.30. The monoisotopic (exact) mass is 321 g/mol. The van der Waals surface area contributed by atoms with Crippen LogP contribution in [0.4, 0.5) is 0 Å². The molecule has 2 N–H and O–H groups in total. The highest BCUT2D eigenvalue weighted by atomic mass is 32.1. The molecule has 3 rings (SSSR count). The number of aromatic carboxylic acids is 1. The first-order valence-corrected chi connectivity index (χ1v) is 7.78. The van der Waals surface area contributed by atoms with E-state index in [9.17, 15) is 9.59 Å². The predicted molar refractivity (Wildman–Crippen MR) is 83.0 cm³/mol. The SMILES string of the molecule is Cc1c(C(=O)O)sc2ncn(NCc3cccs3)c(=O)c12. The van der Waals surface area contributed by atoms with Crippen LogP contribution in [0.1, 0.15) is 20.1 Å². The molecule has 0 saturated heterocycles. The molecule has 0 fully saturated rings. The van der Waals surface area contributed by atoms with Gasteiger partial charge in [0.15, 0.2) is 0 Å². The fourth-order valence-electron chi connectivity index (χ4n) is 2.02. The summed E-state index contributed by atoms with van der Waals surface area (Å²) in [6.07, 6.45) is 1.39. The summed E-state index contributed by atoms with van der Waals surface area (Å²) in [4.78, 5) is 29.4. The molecular weight excluding hydrogens is 310 g/mol. The Morgan fingerprint density at radius 2 is 2.33 bits per heavy atom. The van der Waals surface area contributed by atoms with Crippen molar-refractivity contribution in [2.75, 3.05) is 5.43 Å². The Morgan fingerprint density at radius 3 is 3.00 bits per heavy atom. The maximum atomic E-state index is 12.4. The third-order valence-electron chi connectivity index (χ3n) is 3.05. The van der Waals surface area contributed by atoms with Crippen molar-refractivity contribution in [3.05, 3.63) is 49.5 Å². The number of carboxylic acid groups (broad SMARTS) is 1. The van der Waals surface area contributed by atoms with Crippen LogP contribution in [0.5, 0.6) is 0 Å². The standard InChI is InChI=1S/C13H11N3O3S2/c1-7-9-11(21-10(7)13(18)19)14-6-16(12(9)17)15-5-8-3-2-4-20-8/h2-4,6,15H,5H2,1H3,(H,18,19). The lowest BCUT2D eigenvalue weighted by Gasteiger charge is -2.07. The first-order valence-electron chi connectivity index (χ1n) is 6.08. The van der Waals surface area contributed by atoms with Gasteiger partial charge in [-0.05, 0) is 23.9 Å². The minimum Gasteiger partial charge on any atom is -0.477 e. The summed E-state index contributed by atoms with van der Waals surface area (Å²) in [5.41, 5.74) is 3.17. The summed E-state index contributed by atoms with van der Waals surface area (Å²) in [7, 11) is 0. The fourth-order valence-corrected chi connectivity index (χ4v) is 3.63. The Labute approximate surface area is 127 Å². The maximum Gasteiger partial charge on any atom is 0.346 e. The highest BCUT2D eigenvalue weighted by Gasteiger charge is 2.18. The number of rotatable bonds is 4. The number of hydrogen-bond donors (Lipinski definition) is 2. The van der Waals surface area contributed by atoms with Crippen LogP contribution in [0.25, 0.3) is 10.2 Å². The fraction of sp³-hybridized carbons (Fsp3) is 0.154. The van der Waals surface area contributed by atoms with Crippen LogP contribution in [0.2, 0.25) is 0 Å². The Morgan fingerprint density at radius 1 is 1.52 bits per heavy atom. The number of nitrogens with zero attached hydrogens (tertiary/aromatic N) is 2. The van der Waals surface area contributed by atoms with Crippen LogP contribution in [0.15, 0.2) is 28.6 Å². The average molecular weight is 321 g/mol. The molecule has 0 aliphatic heterocycles. The molecule has 6 nitrogen and oxygen atoms in total. The van der Waals surface area contributed by atoms with Gasteiger partial charge < -0.3 is 10.5 Å². The van der Waals surface area contributed by atoms with Crippen LogP contribution in [0.3, 0.4) is 0 Å². The van der Waals surface area contributed by atoms with Crippen molar-refractivity contribution >= 4 is 38.9 Å². The number of hydrogen-bond acceptors (Lipinski definition) is 6. The van der Waals surface area contributed by atoms with Gasteiger partial charge in [0.05, 0.1) is 11.9 Å². The highest BCUT2D eigenvalue weighted by molar-refractivity contribution is 7.20. The second-order valence-electron chi connectivity index (χ2n) is 4.38. The van der Waals surface area contributed by atoms with Crippen molar-refractivity contribution in [2.24, 2.45) is 0 Å². The lowest BCUT2D eigenvalue weighted by molar-refractivity contribution is 0.0701. The molecule has 0 saturated carbocycles. The number of aryl methyl sites for hydroxylation is 1. The van der Waals surface area contributed by atoms with Gasteiger partial charge in [0.25, 0.3) is 5.56 Å². The molecule has 3 aromatic heterocycles. The van der Waals surface area contributed by atoms with E-state index in [0.29, 0.717) is 22.3 Å². The van der Waals surface area contributed by atoms with Crippen LogP contribution < -0.4 is 11.0 Å². The summed E-state index contributed by atoms with van der Waals surface area (Å²) in [6.45, 7) is 2.15. The van der Waals surface area contributed by atoms with Crippen LogP contribution in [-0.2, 0) is 6.54 Å². The number of aromatic nitrogens is 2. The molecule has 3 heterocycles. The van der Waals surface area contributed by atoms with Crippen molar-refractivity contribution in [1.29, 1.82) is 0 Å². The van der Waals surface area contributed by atoms with E-state index in [-0.39, 0.29) is 10.4 Å². The van der Waals surface area contributed by atoms with Gasteiger partial charge in [-0.1, -0.05) is 6.07 Å². The first kappa shape index (κ1) is 13.8. The minimum absolute atomic E-state index is 0.158. The van der Waals surface area contributed by atoms with Gasteiger partial charge in [-0.2, -0.15) is 0 Å². The van der Waals surface area contributed by atoms with Crippen molar-refractivity contribution in [2.45, 2.75) is 13.5 Å². The van der Waals surface area contributed by atoms with Gasteiger partial charge in [0.2, 0.25) is 0 Å². The van der Waals surface area contributed by atoms with E-state index < -0.39 is 5.97 Å². The summed E-state index contributed by atoms with van der Waals surface area (Å²) in [5.74, 6) is -1.03. The Bertz CT molecular complexity index is 865. The molecule has 3 aromatic rings. The van der Waals surface area contributed by atoms with Crippen LogP contribution in [0, 0.1) is 6.92 Å². The molecule has 0 atom stereocenters. The number of thiophene rings is 2. The molecule has 21 heavy (non-hydrogen) atoms. The van der Waals surface area contributed by atoms with Gasteiger partial charge in [-0.15, -0.1) is 22.7 Å². The lowest BCUT2D eigenvalue weighted by atomic mass is 10.2. The molecule has 0 aliphatic rings. The van der Waals surface area contributed by atoms with Gasteiger partial charge >= 0.3 is 5.97 Å². The Kier molecular flexibility index (Phi) is 3.48. The Hall–Kier alpha value is -2.19. The van der Waals surface area contributed by atoms with Crippen molar-refractivity contribution in [1.82, 2.24) is 9.66 Å². The minimum atomic E-state index is -1.03. The number of nitrogens with one attached hydrogen (secondary N) is 1. The predicted octanol–water partition coefficient (Wildman–Crippen LogP) is 2.27. The first-order chi connectivity index (χ1) is 10.1. The number of carbonyl (C=O) groups is 1. The lowest BCUT2D eigenvalue weighted by Crippen LogP contribution is -2.28. The third-order valence-corrected chi connectivity index (χ3v) is 5.11. The molecule has 0 bridgehead atoms. The Balaban J connectivity index is 2.01. The molecule has 0 aromatic carbocycles. The van der Waals surface area contributed by atoms with Crippen molar-refractivity contribution < 1.29 is 9.90 Å². The molecule has 0 aliphatic carbocycles. The molecule has 0 unspecified atom stereocenters. The molecular formula is C13H11N3O3S2. The zero-order chi connectivity index (χ0) is 15.0. The quantitative estimate of drug-likeness (QED) is 0.770. The zero-order valence-corrected chi connectivity index (χ0v) is 12.6. The topological polar surface area (TPSA) is 84.2 Å². The zero-order valence-electron chi connectivity index (χ0n) is 11.0. The van der Waals surface area contributed by atoms with E-state index in [1.807, 2.05) is 17.5 Å². The highest BCUT2D eigenvalue weighted by Crippen LogP contribution is 2.26. The number of fused-ring (bicyclic) bond motifs is 1. The second kappa shape index (κ2) is 5.30. The normalized spacial score (nSPS) is 10.9. The van der Waals surface area contributed by atoms with E-state index in [1.165, 1.54) is 11.0 Å². The number of carboxylic acids is 1. The molecule has 0 radical (unpaired) electrons. The molecule has 0 amide bonds. The van der Waals surface area contributed by atoms with Gasteiger partial charge in [0, 0.05) is 4.88 Å².